The van der Waals surface area contributed by atoms with Crippen LogP contribution in [0.25, 0.3) is 11.1 Å². The Bertz CT molecular complexity index is 680. The third kappa shape index (κ3) is 4.71. The van der Waals surface area contributed by atoms with E-state index in [2.05, 4.69) is 38.1 Å². The van der Waals surface area contributed by atoms with Crippen molar-refractivity contribution in [3.63, 3.8) is 0 Å². The van der Waals surface area contributed by atoms with Crippen molar-refractivity contribution >= 4 is 5.97 Å². The van der Waals surface area contributed by atoms with Crippen molar-refractivity contribution in [2.24, 2.45) is 5.92 Å². The molecule has 3 nitrogen and oxygen atoms in total. The summed E-state index contributed by atoms with van der Waals surface area (Å²) in [5, 5.41) is 9.35. The van der Waals surface area contributed by atoms with Crippen molar-refractivity contribution in [1.82, 2.24) is 0 Å². The number of carbonyl (C=O) groups excluding carboxylic acids is 1. The minimum absolute atomic E-state index is 0.264. The van der Waals surface area contributed by atoms with E-state index in [0.29, 0.717) is 0 Å². The van der Waals surface area contributed by atoms with Crippen LogP contribution in [0.2, 0.25) is 0 Å². The zero-order valence-electron chi connectivity index (χ0n) is 13.7. The van der Waals surface area contributed by atoms with E-state index in [4.69, 9.17) is 4.74 Å². The number of esters is 1. The number of aromatic hydroxyl groups is 1. The van der Waals surface area contributed by atoms with Gasteiger partial charge in [-0.1, -0.05) is 55.8 Å². The SMILES string of the molecule is COC(=O)/C=C(/Cc1ccc(-c2ccc(O)cc2)cc1)C(C)C. The Labute approximate surface area is 137 Å². The predicted molar refractivity (Wildman–Crippen MR) is 92.2 cm³/mol. The van der Waals surface area contributed by atoms with Gasteiger partial charge in [-0.25, -0.2) is 4.79 Å². The van der Waals surface area contributed by atoms with E-state index in [1.54, 1.807) is 18.2 Å². The van der Waals surface area contributed by atoms with Crippen LogP contribution in [0.4, 0.5) is 0 Å². The molecule has 2 aromatic rings. The number of carbonyl (C=O) groups is 1. The van der Waals surface area contributed by atoms with Crippen LogP contribution in [0.5, 0.6) is 5.75 Å². The number of hydrogen-bond donors (Lipinski definition) is 1. The summed E-state index contributed by atoms with van der Waals surface area (Å²) in [4.78, 5) is 11.5. The zero-order valence-corrected chi connectivity index (χ0v) is 13.7. The minimum Gasteiger partial charge on any atom is -0.508 e. The quantitative estimate of drug-likeness (QED) is 0.659. The summed E-state index contributed by atoms with van der Waals surface area (Å²) in [7, 11) is 1.39. The molecule has 0 aliphatic heterocycles. The minimum atomic E-state index is -0.311. The van der Waals surface area contributed by atoms with Gasteiger partial charge in [-0.05, 0) is 41.2 Å². The van der Waals surface area contributed by atoms with E-state index < -0.39 is 0 Å². The van der Waals surface area contributed by atoms with Crippen LogP contribution in [0.1, 0.15) is 19.4 Å². The standard InChI is InChI=1S/C20H22O3/c1-14(2)18(13-20(22)23-3)12-15-4-6-16(7-5-15)17-8-10-19(21)11-9-17/h4-11,13-14,21H,12H2,1-3H3/b18-13-. The number of rotatable bonds is 5. The number of phenolic OH excluding ortho intramolecular Hbond substituents is 1. The van der Waals surface area contributed by atoms with Crippen molar-refractivity contribution in [3.05, 3.63) is 65.7 Å². The number of benzene rings is 2. The molecule has 120 valence electrons. The molecule has 0 aliphatic rings. The van der Waals surface area contributed by atoms with Crippen LogP contribution in [0.15, 0.2) is 60.2 Å². The van der Waals surface area contributed by atoms with Gasteiger partial charge in [-0.2, -0.15) is 0 Å². The topological polar surface area (TPSA) is 46.5 Å². The molecule has 0 unspecified atom stereocenters. The van der Waals surface area contributed by atoms with E-state index in [0.717, 1.165) is 28.7 Å². The molecule has 0 radical (unpaired) electrons. The maximum atomic E-state index is 11.5. The van der Waals surface area contributed by atoms with Crippen molar-refractivity contribution in [2.45, 2.75) is 20.3 Å². The van der Waals surface area contributed by atoms with Crippen LogP contribution < -0.4 is 0 Å². The lowest BCUT2D eigenvalue weighted by Crippen LogP contribution is -2.04. The molecule has 0 fully saturated rings. The highest BCUT2D eigenvalue weighted by Crippen LogP contribution is 2.24. The van der Waals surface area contributed by atoms with Crippen LogP contribution in [0, 0.1) is 5.92 Å². The van der Waals surface area contributed by atoms with Crippen molar-refractivity contribution in [3.8, 4) is 16.9 Å². The smallest absolute Gasteiger partial charge is 0.330 e. The second kappa shape index (κ2) is 7.63. The third-order valence-electron chi connectivity index (χ3n) is 3.81. The van der Waals surface area contributed by atoms with Gasteiger partial charge in [0.05, 0.1) is 7.11 Å². The molecule has 0 amide bonds. The highest BCUT2D eigenvalue weighted by molar-refractivity contribution is 5.82. The maximum Gasteiger partial charge on any atom is 0.330 e. The molecular weight excluding hydrogens is 288 g/mol. The van der Waals surface area contributed by atoms with Gasteiger partial charge in [0.1, 0.15) is 5.75 Å². The lowest BCUT2D eigenvalue weighted by molar-refractivity contribution is -0.134. The predicted octanol–water partition coefficient (Wildman–Crippen LogP) is 4.36. The largest absolute Gasteiger partial charge is 0.508 e. The first-order valence-corrected chi connectivity index (χ1v) is 7.66. The molecule has 0 aromatic heterocycles. The average Bonchev–Trinajstić information content (AvgIpc) is 2.55. The Morgan fingerprint density at radius 1 is 1.04 bits per heavy atom. The molecule has 1 N–H and O–H groups in total. The van der Waals surface area contributed by atoms with Gasteiger partial charge in [0, 0.05) is 6.08 Å². The van der Waals surface area contributed by atoms with Crippen LogP contribution >= 0.6 is 0 Å². The Kier molecular flexibility index (Phi) is 5.58. The van der Waals surface area contributed by atoms with Gasteiger partial charge in [-0.15, -0.1) is 0 Å². The Hall–Kier alpha value is -2.55. The van der Waals surface area contributed by atoms with Crippen LogP contribution in [-0.2, 0) is 16.0 Å². The second-order valence-electron chi connectivity index (χ2n) is 5.82. The third-order valence-corrected chi connectivity index (χ3v) is 3.81. The van der Waals surface area contributed by atoms with Crippen molar-refractivity contribution in [1.29, 1.82) is 0 Å². The number of methoxy groups -OCH3 is 1. The van der Waals surface area contributed by atoms with Crippen molar-refractivity contribution < 1.29 is 14.6 Å². The van der Waals surface area contributed by atoms with E-state index in [1.165, 1.54) is 7.11 Å². The number of phenols is 1. The number of allylic oxidation sites excluding steroid dienone is 1. The van der Waals surface area contributed by atoms with Gasteiger partial charge in [0.2, 0.25) is 0 Å². The maximum absolute atomic E-state index is 11.5. The zero-order chi connectivity index (χ0) is 16.8. The fourth-order valence-electron chi connectivity index (χ4n) is 2.34. The Morgan fingerprint density at radius 2 is 1.57 bits per heavy atom. The second-order valence-corrected chi connectivity index (χ2v) is 5.82. The molecule has 0 saturated carbocycles. The first-order valence-electron chi connectivity index (χ1n) is 7.66. The Balaban J connectivity index is 2.17. The van der Waals surface area contributed by atoms with E-state index in [9.17, 15) is 9.90 Å². The van der Waals surface area contributed by atoms with Gasteiger partial charge in [0.15, 0.2) is 0 Å². The summed E-state index contributed by atoms with van der Waals surface area (Å²) in [6, 6.07) is 15.4. The molecule has 0 heterocycles. The number of hydrogen-bond acceptors (Lipinski definition) is 3. The Morgan fingerprint density at radius 3 is 2.04 bits per heavy atom. The summed E-state index contributed by atoms with van der Waals surface area (Å²) in [6.07, 6.45) is 2.31. The molecule has 2 rings (SSSR count). The molecule has 0 aliphatic carbocycles. The molecule has 0 saturated heterocycles. The molecule has 0 bridgehead atoms. The lowest BCUT2D eigenvalue weighted by atomic mass is 9.94. The fourth-order valence-corrected chi connectivity index (χ4v) is 2.34. The lowest BCUT2D eigenvalue weighted by Gasteiger charge is -2.12. The van der Waals surface area contributed by atoms with Crippen LogP contribution in [-0.4, -0.2) is 18.2 Å². The fraction of sp³-hybridized carbons (Fsp3) is 0.250. The van der Waals surface area contributed by atoms with Crippen molar-refractivity contribution in [2.75, 3.05) is 7.11 Å². The summed E-state index contributed by atoms with van der Waals surface area (Å²) in [6.45, 7) is 4.14. The first kappa shape index (κ1) is 16.8. The van der Waals surface area contributed by atoms with Gasteiger partial charge < -0.3 is 9.84 Å². The normalized spacial score (nSPS) is 11.6. The van der Waals surface area contributed by atoms with E-state index in [-0.39, 0.29) is 17.6 Å². The van der Waals surface area contributed by atoms with E-state index >= 15 is 0 Å². The van der Waals surface area contributed by atoms with E-state index in [1.807, 2.05) is 12.1 Å². The highest BCUT2D eigenvalue weighted by atomic mass is 16.5. The molecular formula is C20H22O3. The number of ether oxygens (including phenoxy) is 1. The molecule has 3 heteroatoms. The first-order chi connectivity index (χ1) is 11.0. The summed E-state index contributed by atoms with van der Waals surface area (Å²) in [5.41, 5.74) is 4.35. The summed E-state index contributed by atoms with van der Waals surface area (Å²) >= 11 is 0. The molecule has 0 atom stereocenters. The highest BCUT2D eigenvalue weighted by Gasteiger charge is 2.08. The van der Waals surface area contributed by atoms with Gasteiger partial charge >= 0.3 is 5.97 Å². The van der Waals surface area contributed by atoms with Gasteiger partial charge in [0.25, 0.3) is 0 Å². The molecule has 0 spiro atoms. The monoisotopic (exact) mass is 310 g/mol. The average molecular weight is 310 g/mol. The summed E-state index contributed by atoms with van der Waals surface area (Å²) < 4.78 is 4.72. The molecule has 2 aromatic carbocycles. The summed E-state index contributed by atoms with van der Waals surface area (Å²) in [5.74, 6) is 0.236. The molecule has 23 heavy (non-hydrogen) atoms. The van der Waals surface area contributed by atoms with Crippen LogP contribution in [0.3, 0.4) is 0 Å². The van der Waals surface area contributed by atoms with Gasteiger partial charge in [-0.3, -0.25) is 0 Å².